The van der Waals surface area contributed by atoms with E-state index in [9.17, 15) is 9.59 Å². The quantitative estimate of drug-likeness (QED) is 0.721. The van der Waals surface area contributed by atoms with Crippen LogP contribution < -0.4 is 0 Å². The van der Waals surface area contributed by atoms with Crippen molar-refractivity contribution in [2.45, 2.75) is 31.8 Å². The number of carbonyl (C=O) groups is 2. The molecule has 8 heteroatoms. The van der Waals surface area contributed by atoms with Crippen molar-refractivity contribution in [3.63, 3.8) is 0 Å². The summed E-state index contributed by atoms with van der Waals surface area (Å²) < 4.78 is 5.80. The van der Waals surface area contributed by atoms with Crippen molar-refractivity contribution in [3.05, 3.63) is 0 Å². The van der Waals surface area contributed by atoms with Gasteiger partial charge in [0.1, 0.15) is 10.9 Å². The monoisotopic (exact) mass is 345 g/mol. The van der Waals surface area contributed by atoms with Crippen LogP contribution in [0.15, 0.2) is 0 Å². The van der Waals surface area contributed by atoms with E-state index >= 15 is 0 Å². The standard InChI is InChI=1S/C14H23N3O3S2/c1-10-8-20-13(19)17(10)11-4-6-16(7-5-11)12(18)9-22-14(21)15(2)3/h10-11H,4-9H2,1-3H3. The molecule has 6 nitrogen and oxygen atoms in total. The maximum absolute atomic E-state index is 12.2. The predicted molar refractivity (Wildman–Crippen MR) is 91.0 cm³/mol. The predicted octanol–water partition coefficient (Wildman–Crippen LogP) is 1.40. The third kappa shape index (κ3) is 4.04. The topological polar surface area (TPSA) is 53.1 Å². The second-order valence-electron chi connectivity index (χ2n) is 5.89. The van der Waals surface area contributed by atoms with Gasteiger partial charge in [0.15, 0.2) is 0 Å². The summed E-state index contributed by atoms with van der Waals surface area (Å²) in [6.45, 7) is 3.85. The molecule has 2 saturated heterocycles. The number of likely N-dealkylation sites (tertiary alicyclic amines) is 1. The molecule has 2 fully saturated rings. The molecule has 2 aliphatic rings. The Morgan fingerprint density at radius 2 is 2.05 bits per heavy atom. The highest BCUT2D eigenvalue weighted by molar-refractivity contribution is 8.23. The summed E-state index contributed by atoms with van der Waals surface area (Å²) in [5.74, 6) is 0.494. The van der Waals surface area contributed by atoms with Crippen molar-refractivity contribution in [1.29, 1.82) is 0 Å². The first kappa shape index (κ1) is 17.3. The van der Waals surface area contributed by atoms with E-state index in [-0.39, 0.29) is 24.1 Å². The molecule has 2 amide bonds. The van der Waals surface area contributed by atoms with E-state index in [1.807, 2.05) is 35.7 Å². The fourth-order valence-electron chi connectivity index (χ4n) is 2.77. The number of piperidine rings is 1. The van der Waals surface area contributed by atoms with E-state index < -0.39 is 0 Å². The van der Waals surface area contributed by atoms with Crippen LogP contribution in [0.25, 0.3) is 0 Å². The van der Waals surface area contributed by atoms with Crippen molar-refractivity contribution in [1.82, 2.24) is 14.7 Å². The van der Waals surface area contributed by atoms with E-state index in [0.29, 0.717) is 25.4 Å². The van der Waals surface area contributed by atoms with Crippen molar-refractivity contribution < 1.29 is 14.3 Å². The molecule has 0 aromatic rings. The van der Waals surface area contributed by atoms with E-state index in [2.05, 4.69) is 0 Å². The molecule has 22 heavy (non-hydrogen) atoms. The number of nitrogens with zero attached hydrogens (tertiary/aromatic N) is 3. The molecule has 0 radical (unpaired) electrons. The minimum Gasteiger partial charge on any atom is -0.447 e. The number of hydrogen-bond donors (Lipinski definition) is 0. The molecule has 1 atom stereocenters. The first-order valence-corrected chi connectivity index (χ1v) is 8.86. The zero-order valence-corrected chi connectivity index (χ0v) is 14.9. The number of rotatable bonds is 3. The molecule has 1 unspecified atom stereocenters. The third-order valence-corrected chi connectivity index (χ3v) is 5.75. The normalized spacial score (nSPS) is 22.7. The maximum atomic E-state index is 12.2. The van der Waals surface area contributed by atoms with Crippen molar-refractivity contribution in [3.8, 4) is 0 Å². The van der Waals surface area contributed by atoms with Gasteiger partial charge >= 0.3 is 6.09 Å². The summed E-state index contributed by atoms with van der Waals surface area (Å²) in [5.41, 5.74) is 0. The molecule has 0 spiro atoms. The highest BCUT2D eigenvalue weighted by Crippen LogP contribution is 2.24. The Labute approximate surface area is 141 Å². The van der Waals surface area contributed by atoms with Crippen molar-refractivity contribution >= 4 is 40.3 Å². The van der Waals surface area contributed by atoms with Crippen molar-refractivity contribution in [2.24, 2.45) is 0 Å². The van der Waals surface area contributed by atoms with Gasteiger partial charge in [-0.25, -0.2) is 4.79 Å². The number of amides is 2. The van der Waals surface area contributed by atoms with Crippen LogP contribution in [0.5, 0.6) is 0 Å². The van der Waals surface area contributed by atoms with Gasteiger partial charge in [-0.1, -0.05) is 24.0 Å². The molecule has 2 aliphatic heterocycles. The van der Waals surface area contributed by atoms with Gasteiger partial charge in [-0.2, -0.15) is 0 Å². The summed E-state index contributed by atoms with van der Waals surface area (Å²) in [6, 6.07) is 0.317. The maximum Gasteiger partial charge on any atom is 0.410 e. The molecule has 0 aromatic heterocycles. The summed E-state index contributed by atoms with van der Waals surface area (Å²) in [4.78, 5) is 29.5. The average molecular weight is 345 g/mol. The lowest BCUT2D eigenvalue weighted by Gasteiger charge is -2.37. The number of ether oxygens (including phenoxy) is 1. The lowest BCUT2D eigenvalue weighted by Crippen LogP contribution is -2.49. The van der Waals surface area contributed by atoms with E-state index in [4.69, 9.17) is 17.0 Å². The molecule has 2 heterocycles. The van der Waals surface area contributed by atoms with Crippen LogP contribution in [0.4, 0.5) is 4.79 Å². The fourth-order valence-corrected chi connectivity index (χ4v) is 3.64. The molecule has 0 aliphatic carbocycles. The smallest absolute Gasteiger partial charge is 0.410 e. The van der Waals surface area contributed by atoms with Gasteiger partial charge in [0, 0.05) is 33.2 Å². The highest BCUT2D eigenvalue weighted by Gasteiger charge is 2.37. The minimum absolute atomic E-state index is 0.115. The largest absolute Gasteiger partial charge is 0.447 e. The number of carbonyl (C=O) groups excluding carboxylic acids is 2. The van der Waals surface area contributed by atoms with Crippen molar-refractivity contribution in [2.75, 3.05) is 39.5 Å². The van der Waals surface area contributed by atoms with Gasteiger partial charge in [-0.05, 0) is 19.8 Å². The molecular weight excluding hydrogens is 322 g/mol. The lowest BCUT2D eigenvalue weighted by atomic mass is 10.0. The lowest BCUT2D eigenvalue weighted by molar-refractivity contribution is -0.129. The Bertz CT molecular complexity index is 451. The second-order valence-corrected chi connectivity index (χ2v) is 7.50. The zero-order valence-electron chi connectivity index (χ0n) is 13.3. The fraction of sp³-hybridized carbons (Fsp3) is 0.786. The first-order chi connectivity index (χ1) is 10.4. The Morgan fingerprint density at radius 3 is 2.55 bits per heavy atom. The third-order valence-electron chi connectivity index (χ3n) is 4.03. The number of thiocarbonyl (C=S) groups is 1. The Morgan fingerprint density at radius 1 is 1.41 bits per heavy atom. The SMILES string of the molecule is CC1COC(=O)N1C1CCN(C(=O)CSC(=S)N(C)C)CC1. The van der Waals surface area contributed by atoms with Crippen LogP contribution in [0, 0.1) is 0 Å². The van der Waals surface area contributed by atoms with E-state index in [1.54, 1.807) is 0 Å². The molecule has 0 bridgehead atoms. The first-order valence-electron chi connectivity index (χ1n) is 7.47. The number of thioether (sulfide) groups is 1. The van der Waals surface area contributed by atoms with Gasteiger partial charge in [-0.15, -0.1) is 0 Å². The molecule has 124 valence electrons. The Hall–Kier alpha value is -1.02. The van der Waals surface area contributed by atoms with Gasteiger partial charge in [-0.3, -0.25) is 9.69 Å². The van der Waals surface area contributed by atoms with Gasteiger partial charge in [0.25, 0.3) is 0 Å². The van der Waals surface area contributed by atoms with E-state index in [1.165, 1.54) is 11.8 Å². The van der Waals surface area contributed by atoms with Crippen LogP contribution in [0.1, 0.15) is 19.8 Å². The molecule has 0 aromatic carbocycles. The average Bonchev–Trinajstić information content (AvgIpc) is 2.83. The van der Waals surface area contributed by atoms with Crippen LogP contribution in [0.2, 0.25) is 0 Å². The Balaban J connectivity index is 1.78. The summed E-state index contributed by atoms with van der Waals surface area (Å²) >= 11 is 6.57. The highest BCUT2D eigenvalue weighted by atomic mass is 32.2. The van der Waals surface area contributed by atoms with Crippen LogP contribution in [0.3, 0.4) is 0 Å². The minimum atomic E-state index is -0.218. The molecule has 2 rings (SSSR count). The van der Waals surface area contributed by atoms with Gasteiger partial charge < -0.3 is 14.5 Å². The summed E-state index contributed by atoms with van der Waals surface area (Å²) in [7, 11) is 3.75. The second kappa shape index (κ2) is 7.50. The molecular formula is C14H23N3O3S2. The zero-order chi connectivity index (χ0) is 16.3. The number of hydrogen-bond acceptors (Lipinski definition) is 5. The van der Waals surface area contributed by atoms with Gasteiger partial charge in [0.2, 0.25) is 5.91 Å². The van der Waals surface area contributed by atoms with Crippen LogP contribution >= 0.6 is 24.0 Å². The Kier molecular flexibility index (Phi) is 5.91. The number of cyclic esters (lactones) is 1. The van der Waals surface area contributed by atoms with Crippen LogP contribution in [-0.4, -0.2) is 82.6 Å². The summed E-state index contributed by atoms with van der Waals surface area (Å²) in [6.07, 6.45) is 1.41. The van der Waals surface area contributed by atoms with E-state index in [0.717, 1.165) is 17.2 Å². The summed E-state index contributed by atoms with van der Waals surface area (Å²) in [5, 5.41) is 0. The van der Waals surface area contributed by atoms with Crippen LogP contribution in [-0.2, 0) is 9.53 Å². The molecule has 0 saturated carbocycles. The molecule has 0 N–H and O–H groups in total. The van der Waals surface area contributed by atoms with Gasteiger partial charge in [0.05, 0.1) is 11.8 Å².